The summed E-state index contributed by atoms with van der Waals surface area (Å²) in [5.41, 5.74) is 0. The third-order valence-corrected chi connectivity index (χ3v) is 23.7. The Balaban J connectivity index is 1.64. The molecule has 3 saturated carbocycles. The van der Waals surface area contributed by atoms with Gasteiger partial charge in [0.15, 0.2) is 0 Å². The van der Waals surface area contributed by atoms with Crippen molar-refractivity contribution in [3.8, 4) is 0 Å². The van der Waals surface area contributed by atoms with Crippen LogP contribution in [0.5, 0.6) is 0 Å². The van der Waals surface area contributed by atoms with Crippen molar-refractivity contribution >= 4 is 117 Å². The molecule has 5 aliphatic rings. The van der Waals surface area contributed by atoms with E-state index in [2.05, 4.69) is 43.9 Å². The third kappa shape index (κ3) is 25.7. The van der Waals surface area contributed by atoms with Gasteiger partial charge in [-0.25, -0.2) is 0 Å². The minimum atomic E-state index is -1.39. The summed E-state index contributed by atoms with van der Waals surface area (Å²) in [6.07, 6.45) is 13.6. The number of nitrogens with zero attached hydrogens (tertiary/aromatic N) is 8. The molecule has 4 N–H and O–H groups in total. The van der Waals surface area contributed by atoms with E-state index in [4.69, 9.17) is 23.2 Å². The summed E-state index contributed by atoms with van der Waals surface area (Å²) in [6.45, 7) is 12.5. The van der Waals surface area contributed by atoms with Crippen molar-refractivity contribution in [2.24, 2.45) is 35.5 Å². The molecule has 2 heterocycles. The first kappa shape index (κ1) is 85.6. The molecule has 12 amide bonds. The fraction of sp³-hybridized carbons (Fsp3) is 0.836. The molecule has 0 aromatic carbocycles. The molecule has 2 saturated heterocycles. The number of alkyl halides is 3. The lowest BCUT2D eigenvalue weighted by atomic mass is 9.83. The summed E-state index contributed by atoms with van der Waals surface area (Å²) in [5, 5.41) is 11.9. The van der Waals surface area contributed by atoms with Crippen LogP contribution in [0.15, 0.2) is 0 Å². The topological polar surface area (TPSA) is 279 Å². The summed E-state index contributed by atoms with van der Waals surface area (Å²) < 4.78 is 0.337. The van der Waals surface area contributed by atoms with E-state index in [1.165, 1.54) is 83.6 Å². The highest BCUT2D eigenvalue weighted by molar-refractivity contribution is 14.1. The Hall–Kier alpha value is -5.05. The zero-order valence-corrected chi connectivity index (χ0v) is 66.3. The van der Waals surface area contributed by atoms with Crippen LogP contribution in [0.4, 0.5) is 0 Å². The second-order valence-electron chi connectivity index (χ2n) is 30.8. The van der Waals surface area contributed by atoms with Crippen molar-refractivity contribution in [1.29, 1.82) is 0 Å². The summed E-state index contributed by atoms with van der Waals surface area (Å²) in [7, 11) is 10.2. The van der Waals surface area contributed by atoms with Crippen molar-refractivity contribution in [3.05, 3.63) is 0 Å². The highest BCUT2D eigenvalue weighted by Crippen LogP contribution is 2.35. The van der Waals surface area contributed by atoms with Crippen LogP contribution in [-0.4, -0.2) is 255 Å². The number of hydrogen-bond donors (Lipinski definition) is 4. The molecule has 5 fully saturated rings. The lowest BCUT2D eigenvalue weighted by Gasteiger charge is -2.38. The van der Waals surface area contributed by atoms with E-state index in [1.807, 2.05) is 41.5 Å². The van der Waals surface area contributed by atoms with Gasteiger partial charge in [-0.05, 0) is 158 Å². The molecule has 568 valence electrons. The zero-order chi connectivity index (χ0) is 74.4. The van der Waals surface area contributed by atoms with Crippen molar-refractivity contribution in [3.63, 3.8) is 0 Å². The van der Waals surface area contributed by atoms with Crippen molar-refractivity contribution in [2.75, 3.05) is 82.1 Å². The molecule has 5 rings (SSSR count). The van der Waals surface area contributed by atoms with Gasteiger partial charge in [-0.15, -0.1) is 23.2 Å². The van der Waals surface area contributed by atoms with Gasteiger partial charge in [0.25, 0.3) is 0 Å². The Kier molecular flexibility index (Phi) is 35.5. The highest BCUT2D eigenvalue weighted by atomic mass is 127. The van der Waals surface area contributed by atoms with Crippen LogP contribution < -0.4 is 21.3 Å². The van der Waals surface area contributed by atoms with Crippen LogP contribution in [0.25, 0.3) is 0 Å². The normalized spacial score (nSPS) is 30.7. The average Bonchev–Trinajstić information content (AvgIpc) is 0.821. The maximum atomic E-state index is 15.5. The van der Waals surface area contributed by atoms with E-state index >= 15 is 28.8 Å². The second kappa shape index (κ2) is 41.4. The van der Waals surface area contributed by atoms with Gasteiger partial charge in [0.1, 0.15) is 48.3 Å². The lowest BCUT2D eigenvalue weighted by Crippen LogP contribution is -2.61. The minimum absolute atomic E-state index is 0.00425. The van der Waals surface area contributed by atoms with Gasteiger partial charge in [-0.1, -0.05) is 103 Å². The van der Waals surface area contributed by atoms with E-state index in [0.29, 0.717) is 100 Å². The molecule has 100 heavy (non-hydrogen) atoms. The zero-order valence-electron chi connectivity index (χ0n) is 62.6. The van der Waals surface area contributed by atoms with E-state index in [-0.39, 0.29) is 78.9 Å². The second-order valence-corrected chi connectivity index (χ2v) is 33.8. The number of rotatable bonds is 16. The number of amides is 12. The fourth-order valence-corrected chi connectivity index (χ4v) is 16.6. The predicted octanol–water partition coefficient (Wildman–Crippen LogP) is 7.11. The standard InChI is InChI=1S/C73H123Cl2IN12O12/c1-15-17-24-54-69(96)86(13)58(39-48-25-29-51(74)30-26-48)67(94)79-56(35-45(3)4)70(97)87(14)60(72(99)88-33-19-18-20-34-88)41-62(90)84(11)57(36-46(5)6)68(95)80-65(47(7)16-2)73(100)83(10)43-63(91)81(8)44-64(92)85(12)59(40-49-27-31-52(75)32-28-49)71(98)82(9)42-61(89)77-55(66(93)78-54)38-50-22-21-23-53(76)37-50/h45-60,65H,15-44H2,1-14H3,(H,77,89)(H,78,93)(H,79,94)(H,80,95)/t47-,48?,49?,50?,51?,52?,53?,54-,55-,56-,57-,58-,59-,60-,65-/m0/s1. The molecule has 27 heteroatoms. The number of nitrogens with one attached hydrogen (secondary N) is 4. The summed E-state index contributed by atoms with van der Waals surface area (Å²) >= 11 is 15.6. The van der Waals surface area contributed by atoms with Gasteiger partial charge in [-0.3, -0.25) is 57.5 Å². The van der Waals surface area contributed by atoms with Crippen molar-refractivity contribution < 1.29 is 57.5 Å². The van der Waals surface area contributed by atoms with Gasteiger partial charge >= 0.3 is 0 Å². The van der Waals surface area contributed by atoms with E-state index in [1.54, 1.807) is 11.8 Å². The summed E-state index contributed by atoms with van der Waals surface area (Å²) in [4.78, 5) is 189. The smallest absolute Gasteiger partial charge is 0.245 e. The van der Waals surface area contributed by atoms with Crippen LogP contribution in [0.3, 0.4) is 0 Å². The quantitative estimate of drug-likeness (QED) is 0.0889. The van der Waals surface area contributed by atoms with E-state index < -0.39 is 151 Å². The van der Waals surface area contributed by atoms with Crippen molar-refractivity contribution in [2.45, 2.75) is 272 Å². The number of piperidine rings is 1. The number of likely N-dealkylation sites (N-methyl/N-ethyl adjacent to an activating group) is 7. The van der Waals surface area contributed by atoms with Gasteiger partial charge < -0.3 is 60.5 Å². The number of hydrogen-bond acceptors (Lipinski definition) is 12. The summed E-state index contributed by atoms with van der Waals surface area (Å²) in [6, 6.07) is -9.53. The number of halogens is 3. The Morgan fingerprint density at radius 1 is 0.490 bits per heavy atom. The Morgan fingerprint density at radius 3 is 1.58 bits per heavy atom. The van der Waals surface area contributed by atoms with Crippen LogP contribution in [0.1, 0.15) is 209 Å². The van der Waals surface area contributed by atoms with E-state index in [0.717, 1.165) is 32.1 Å². The Labute approximate surface area is 620 Å². The maximum Gasteiger partial charge on any atom is 0.245 e. The number of unbranched alkanes of at least 4 members (excludes halogenated alkanes) is 1. The molecule has 0 bridgehead atoms. The van der Waals surface area contributed by atoms with Gasteiger partial charge in [-0.2, -0.15) is 0 Å². The maximum absolute atomic E-state index is 15.5. The fourth-order valence-electron chi connectivity index (χ4n) is 14.9. The van der Waals surface area contributed by atoms with Gasteiger partial charge in [0, 0.05) is 77.1 Å². The van der Waals surface area contributed by atoms with Crippen LogP contribution in [0, 0.1) is 35.5 Å². The molecule has 0 spiro atoms. The third-order valence-electron chi connectivity index (χ3n) is 21.7. The molecule has 2 aliphatic heterocycles. The average molecular weight is 1560 g/mol. The molecule has 24 nitrogen and oxygen atoms in total. The SMILES string of the molecule is CCCC[C@@H]1NC(=O)[C@H](CC2CCCC(I)C2)NC(=O)CN(C)C(=O)[C@H](CC2CCC(Cl)CC2)N(C)C(=O)CN(C)C(=O)CN(C)C(=O)[C@H]([C@@H](C)CC)NC(=O)[C@H](CC(C)C)N(C)C(=O)C[C@@H](C(=O)N2CCCCC2)N(C)C(=O)[C@H](CC(C)C)NC(=O)[C@H](CC2CCC(Cl)CC2)N(C)C1=O. The first-order valence-electron chi connectivity index (χ1n) is 37.4. The molecule has 3 aliphatic carbocycles. The monoisotopic (exact) mass is 1560 g/mol. The molecule has 0 aromatic heterocycles. The Morgan fingerprint density at radius 2 is 1.02 bits per heavy atom. The number of likely N-dealkylation sites (tertiary alicyclic amines) is 1. The number of carbonyl (C=O) groups is 12. The molecule has 2 unspecified atom stereocenters. The van der Waals surface area contributed by atoms with E-state index in [9.17, 15) is 28.8 Å². The minimum Gasteiger partial charge on any atom is -0.343 e. The van der Waals surface area contributed by atoms with Crippen molar-refractivity contribution in [1.82, 2.24) is 60.5 Å². The first-order chi connectivity index (χ1) is 47.1. The molecular formula is C73H123Cl2IN12O12. The van der Waals surface area contributed by atoms with Crippen LogP contribution >= 0.6 is 45.8 Å². The van der Waals surface area contributed by atoms with Crippen LogP contribution in [-0.2, 0) is 57.5 Å². The largest absolute Gasteiger partial charge is 0.343 e. The highest BCUT2D eigenvalue weighted by Gasteiger charge is 2.44. The lowest BCUT2D eigenvalue weighted by molar-refractivity contribution is -0.151. The van der Waals surface area contributed by atoms with Gasteiger partial charge in [0.2, 0.25) is 70.9 Å². The predicted molar refractivity (Wildman–Crippen MR) is 397 cm³/mol. The molecule has 0 radical (unpaired) electrons. The van der Waals surface area contributed by atoms with Crippen LogP contribution in [0.2, 0.25) is 0 Å². The molecular weight excluding hydrogens is 1430 g/mol. The molecule has 11 atom stereocenters. The molecule has 0 aromatic rings. The first-order valence-corrected chi connectivity index (χ1v) is 39.5. The van der Waals surface area contributed by atoms with Gasteiger partial charge in [0.05, 0.1) is 26.1 Å². The number of carbonyl (C=O) groups excluding carboxylic acids is 12. The Bertz CT molecular complexity index is 2770. The summed E-state index contributed by atoms with van der Waals surface area (Å²) in [5.74, 6) is -8.01.